The van der Waals surface area contributed by atoms with Crippen molar-refractivity contribution in [2.45, 2.75) is 19.8 Å². The van der Waals surface area contributed by atoms with Crippen LogP contribution in [0.4, 0.5) is 0 Å². The molecule has 1 aliphatic rings. The maximum Gasteiger partial charge on any atom is 0.257 e. The Morgan fingerprint density at radius 1 is 1.21 bits per heavy atom. The van der Waals surface area contributed by atoms with E-state index >= 15 is 0 Å². The van der Waals surface area contributed by atoms with Crippen molar-refractivity contribution in [2.24, 2.45) is 5.92 Å². The van der Waals surface area contributed by atoms with Crippen LogP contribution in [0.3, 0.4) is 0 Å². The van der Waals surface area contributed by atoms with Crippen LogP contribution in [0.2, 0.25) is 0 Å². The van der Waals surface area contributed by atoms with E-state index in [2.05, 4.69) is 5.32 Å². The van der Waals surface area contributed by atoms with Crippen LogP contribution >= 0.6 is 0 Å². The quantitative estimate of drug-likeness (QED) is 0.940. The Kier molecular flexibility index (Phi) is 4.99. The Balaban J connectivity index is 1.47. The summed E-state index contributed by atoms with van der Waals surface area (Å²) in [6.45, 7) is 4.03. The Morgan fingerprint density at radius 2 is 1.96 bits per heavy atom. The van der Waals surface area contributed by atoms with Gasteiger partial charge >= 0.3 is 0 Å². The highest BCUT2D eigenvalue weighted by Crippen LogP contribution is 2.19. The van der Waals surface area contributed by atoms with Crippen LogP contribution < -0.4 is 5.32 Å². The lowest BCUT2D eigenvalue weighted by molar-refractivity contribution is 0.0683. The molecule has 2 aromatic rings. The van der Waals surface area contributed by atoms with Crippen LogP contribution in [0.5, 0.6) is 0 Å². The normalized spacial score (nSPS) is 15.3. The number of aryl methyl sites for hydroxylation is 1. The van der Waals surface area contributed by atoms with Gasteiger partial charge in [0, 0.05) is 25.2 Å². The highest BCUT2D eigenvalue weighted by molar-refractivity contribution is 5.95. The van der Waals surface area contributed by atoms with Gasteiger partial charge < -0.3 is 14.6 Å². The van der Waals surface area contributed by atoms with Gasteiger partial charge in [-0.1, -0.05) is 18.2 Å². The Morgan fingerprint density at radius 3 is 2.62 bits per heavy atom. The number of nitrogens with zero attached hydrogens (tertiary/aromatic N) is 1. The summed E-state index contributed by atoms with van der Waals surface area (Å²) in [7, 11) is 0. The first-order valence-electron chi connectivity index (χ1n) is 8.30. The lowest BCUT2D eigenvalue weighted by Crippen LogP contribution is -2.41. The first kappa shape index (κ1) is 16.3. The van der Waals surface area contributed by atoms with Crippen molar-refractivity contribution in [1.29, 1.82) is 0 Å². The molecule has 0 bridgehead atoms. The maximum atomic E-state index is 12.3. The minimum Gasteiger partial charge on any atom is -0.472 e. The maximum absolute atomic E-state index is 12.3. The van der Waals surface area contributed by atoms with Crippen LogP contribution in [0.15, 0.2) is 47.3 Å². The largest absolute Gasteiger partial charge is 0.472 e. The number of benzene rings is 1. The molecule has 126 valence electrons. The average Bonchev–Trinajstić information content (AvgIpc) is 3.14. The number of amides is 2. The second kappa shape index (κ2) is 7.34. The van der Waals surface area contributed by atoms with Gasteiger partial charge in [0.05, 0.1) is 11.8 Å². The molecule has 1 saturated heterocycles. The van der Waals surface area contributed by atoms with Crippen LogP contribution in [0.25, 0.3) is 0 Å². The summed E-state index contributed by atoms with van der Waals surface area (Å²) in [5, 5.41) is 3.02. The van der Waals surface area contributed by atoms with Crippen LogP contribution in [-0.2, 0) is 0 Å². The Hall–Kier alpha value is -2.56. The molecule has 0 spiro atoms. The second-order valence-electron chi connectivity index (χ2n) is 6.27. The highest BCUT2D eigenvalue weighted by Gasteiger charge is 2.24. The predicted molar refractivity (Wildman–Crippen MR) is 90.8 cm³/mol. The SMILES string of the molecule is Cc1ccccc1C(=O)NCC1CCN(C(=O)c2ccoc2)CC1. The van der Waals surface area contributed by atoms with Gasteiger partial charge in [0.1, 0.15) is 6.26 Å². The van der Waals surface area contributed by atoms with Gasteiger partial charge in [-0.3, -0.25) is 9.59 Å². The van der Waals surface area contributed by atoms with Crippen molar-refractivity contribution in [1.82, 2.24) is 10.2 Å². The molecule has 3 rings (SSSR count). The summed E-state index contributed by atoms with van der Waals surface area (Å²) in [4.78, 5) is 26.4. The predicted octanol–water partition coefficient (Wildman–Crippen LogP) is 2.87. The fourth-order valence-electron chi connectivity index (χ4n) is 3.07. The number of carbonyl (C=O) groups is 2. The summed E-state index contributed by atoms with van der Waals surface area (Å²) in [6.07, 6.45) is 4.80. The molecule has 5 heteroatoms. The third-order valence-corrected chi connectivity index (χ3v) is 4.61. The lowest BCUT2D eigenvalue weighted by atomic mass is 9.96. The number of likely N-dealkylation sites (tertiary alicyclic amines) is 1. The van der Waals surface area contributed by atoms with E-state index in [1.54, 1.807) is 6.07 Å². The molecular formula is C19H22N2O3. The zero-order valence-corrected chi connectivity index (χ0v) is 13.8. The van der Waals surface area contributed by atoms with Crippen LogP contribution in [0, 0.1) is 12.8 Å². The van der Waals surface area contributed by atoms with E-state index in [0.717, 1.165) is 37.1 Å². The van der Waals surface area contributed by atoms with Crippen molar-refractivity contribution < 1.29 is 14.0 Å². The molecule has 0 aliphatic carbocycles. The van der Waals surface area contributed by atoms with E-state index in [-0.39, 0.29) is 11.8 Å². The van der Waals surface area contributed by atoms with Crippen molar-refractivity contribution in [3.63, 3.8) is 0 Å². The first-order chi connectivity index (χ1) is 11.6. The summed E-state index contributed by atoms with van der Waals surface area (Å²) in [5.41, 5.74) is 2.31. The summed E-state index contributed by atoms with van der Waals surface area (Å²) in [5.74, 6) is 0.405. The molecule has 0 atom stereocenters. The number of hydrogen-bond acceptors (Lipinski definition) is 3. The molecule has 1 N–H and O–H groups in total. The zero-order valence-electron chi connectivity index (χ0n) is 13.8. The number of hydrogen-bond donors (Lipinski definition) is 1. The van der Waals surface area contributed by atoms with Crippen molar-refractivity contribution >= 4 is 11.8 Å². The molecule has 0 saturated carbocycles. The Bertz CT molecular complexity index is 701. The molecule has 1 aliphatic heterocycles. The van der Waals surface area contributed by atoms with Gasteiger partial charge in [-0.15, -0.1) is 0 Å². The molecule has 5 nitrogen and oxygen atoms in total. The molecular weight excluding hydrogens is 304 g/mol. The zero-order chi connectivity index (χ0) is 16.9. The minimum atomic E-state index is -0.0231. The van der Waals surface area contributed by atoms with Crippen molar-refractivity contribution in [3.8, 4) is 0 Å². The number of rotatable bonds is 4. The summed E-state index contributed by atoms with van der Waals surface area (Å²) in [6, 6.07) is 9.28. The van der Waals surface area contributed by atoms with Gasteiger partial charge in [0.15, 0.2) is 0 Å². The standard InChI is InChI=1S/C19H22N2O3/c1-14-4-2-3-5-17(14)18(22)20-12-15-6-9-21(10-7-15)19(23)16-8-11-24-13-16/h2-5,8,11,13,15H,6-7,9-10,12H2,1H3,(H,20,22). The van der Waals surface area contributed by atoms with Gasteiger partial charge in [0.2, 0.25) is 0 Å². The number of carbonyl (C=O) groups excluding carboxylic acids is 2. The van der Waals surface area contributed by atoms with Gasteiger partial charge in [0.25, 0.3) is 11.8 Å². The number of furan rings is 1. The average molecular weight is 326 g/mol. The molecule has 24 heavy (non-hydrogen) atoms. The van der Waals surface area contributed by atoms with E-state index in [0.29, 0.717) is 18.0 Å². The third-order valence-electron chi connectivity index (χ3n) is 4.61. The fourth-order valence-corrected chi connectivity index (χ4v) is 3.07. The van der Waals surface area contributed by atoms with E-state index in [1.807, 2.05) is 36.1 Å². The summed E-state index contributed by atoms with van der Waals surface area (Å²) >= 11 is 0. The smallest absolute Gasteiger partial charge is 0.257 e. The second-order valence-corrected chi connectivity index (χ2v) is 6.27. The number of piperidine rings is 1. The Labute approximate surface area is 141 Å². The van der Waals surface area contributed by atoms with Gasteiger partial charge in [-0.2, -0.15) is 0 Å². The van der Waals surface area contributed by atoms with E-state index in [1.165, 1.54) is 12.5 Å². The first-order valence-corrected chi connectivity index (χ1v) is 8.30. The molecule has 2 amide bonds. The monoisotopic (exact) mass is 326 g/mol. The van der Waals surface area contributed by atoms with Gasteiger partial charge in [-0.05, 0) is 43.4 Å². The van der Waals surface area contributed by atoms with Crippen LogP contribution in [-0.4, -0.2) is 36.3 Å². The van der Waals surface area contributed by atoms with Crippen molar-refractivity contribution in [3.05, 3.63) is 59.5 Å². The van der Waals surface area contributed by atoms with E-state index < -0.39 is 0 Å². The van der Waals surface area contributed by atoms with E-state index in [9.17, 15) is 9.59 Å². The highest BCUT2D eigenvalue weighted by atomic mass is 16.3. The fraction of sp³-hybridized carbons (Fsp3) is 0.368. The minimum absolute atomic E-state index is 0.0196. The summed E-state index contributed by atoms with van der Waals surface area (Å²) < 4.78 is 4.97. The van der Waals surface area contributed by atoms with Crippen molar-refractivity contribution in [2.75, 3.05) is 19.6 Å². The molecule has 1 fully saturated rings. The van der Waals surface area contributed by atoms with Crippen LogP contribution in [0.1, 0.15) is 39.1 Å². The molecule has 0 radical (unpaired) electrons. The number of nitrogens with one attached hydrogen (secondary N) is 1. The van der Waals surface area contributed by atoms with E-state index in [4.69, 9.17) is 4.42 Å². The molecule has 2 heterocycles. The molecule has 1 aromatic heterocycles. The molecule has 0 unspecified atom stereocenters. The van der Waals surface area contributed by atoms with Gasteiger partial charge in [-0.25, -0.2) is 0 Å². The topological polar surface area (TPSA) is 62.6 Å². The molecule has 1 aromatic carbocycles. The lowest BCUT2D eigenvalue weighted by Gasteiger charge is -2.31. The third kappa shape index (κ3) is 3.67.